The number of para-hydroxylation sites is 1. The number of β-lactam (4-membered cyclic amide) rings is 1. The number of rotatable bonds is 8. The maximum atomic E-state index is 12.5. The number of carbonyl (C=O) groups is 5. The minimum atomic E-state index is -1.36. The molecule has 1 saturated heterocycles. The summed E-state index contributed by atoms with van der Waals surface area (Å²) in [5.41, 5.74) is 0.221. The molecule has 1 N–H and O–H groups in total. The fraction of sp³-hybridized carbons (Fsp3) is 0.227. The molecule has 2 aromatic carbocycles. The zero-order valence-corrected chi connectivity index (χ0v) is 19.1. The third-order valence-electron chi connectivity index (χ3n) is 4.67. The van der Waals surface area contributed by atoms with Gasteiger partial charge >= 0.3 is 11.9 Å². The number of carbonyl (C=O) groups excluding carboxylic acids is 5. The summed E-state index contributed by atoms with van der Waals surface area (Å²) in [7, 11) is 0. The number of ether oxygens (including phenoxy) is 2. The number of hydrogen-bond acceptors (Lipinski definition) is 10. The van der Waals surface area contributed by atoms with Crippen LogP contribution in [0.2, 0.25) is 0 Å². The summed E-state index contributed by atoms with van der Waals surface area (Å²) in [5.74, 6) is -3.77. The number of likely N-dealkylation sites (tertiary alicyclic amines) is 1. The molecular weight excluding hydrogens is 482 g/mol. The number of nitrogens with one attached hydrogen (secondary N) is 1. The van der Waals surface area contributed by atoms with E-state index < -0.39 is 51.8 Å². The highest BCUT2D eigenvalue weighted by Crippen LogP contribution is 2.31. The monoisotopic (exact) mass is 501 g/mol. The zero-order chi connectivity index (χ0) is 25.5. The SMILES string of the molecule is CC(=O)S[C@@H]1[C@H](NC(=O)COc2ccccc2)C(=O)N1C(=O)C(=O)OCc1ccc([N+](=O)[O-])cc1. The normalized spacial score (nSPS) is 16.6. The van der Waals surface area contributed by atoms with Crippen LogP contribution in [0.15, 0.2) is 54.6 Å². The van der Waals surface area contributed by atoms with Crippen LogP contribution in [0.4, 0.5) is 5.69 Å². The number of nitro benzene ring substituents is 1. The second-order valence-electron chi connectivity index (χ2n) is 7.16. The molecular formula is C22H19N3O9S. The van der Waals surface area contributed by atoms with Gasteiger partial charge in [-0.05, 0) is 29.8 Å². The Kier molecular flexibility index (Phi) is 8.15. The largest absolute Gasteiger partial charge is 0.484 e. The Morgan fingerprint density at radius 3 is 2.34 bits per heavy atom. The van der Waals surface area contributed by atoms with E-state index in [1.165, 1.54) is 31.2 Å². The second kappa shape index (κ2) is 11.2. The highest BCUT2D eigenvalue weighted by atomic mass is 32.2. The van der Waals surface area contributed by atoms with E-state index in [1.54, 1.807) is 30.3 Å². The Bertz CT molecular complexity index is 1150. The molecule has 0 aromatic heterocycles. The predicted molar refractivity (Wildman–Crippen MR) is 121 cm³/mol. The molecule has 13 heteroatoms. The van der Waals surface area contributed by atoms with Crippen LogP contribution in [0, 0.1) is 10.1 Å². The van der Waals surface area contributed by atoms with Gasteiger partial charge in [0.2, 0.25) is 0 Å². The van der Waals surface area contributed by atoms with Gasteiger partial charge in [0.1, 0.15) is 23.8 Å². The highest BCUT2D eigenvalue weighted by Gasteiger charge is 2.54. The van der Waals surface area contributed by atoms with E-state index in [0.717, 1.165) is 0 Å². The van der Waals surface area contributed by atoms with Crippen molar-refractivity contribution >= 4 is 46.3 Å². The number of thioether (sulfide) groups is 1. The van der Waals surface area contributed by atoms with E-state index in [1.807, 2.05) is 0 Å². The number of nitrogens with zero attached hydrogens (tertiary/aromatic N) is 2. The Morgan fingerprint density at radius 1 is 1.09 bits per heavy atom. The molecule has 12 nitrogen and oxygen atoms in total. The number of hydrogen-bond donors (Lipinski definition) is 1. The smallest absolute Gasteiger partial charge is 0.397 e. The number of benzene rings is 2. The van der Waals surface area contributed by atoms with Crippen molar-refractivity contribution in [3.05, 3.63) is 70.3 Å². The van der Waals surface area contributed by atoms with E-state index in [4.69, 9.17) is 9.47 Å². The Hall–Kier alpha value is -4.26. The van der Waals surface area contributed by atoms with Gasteiger partial charge < -0.3 is 14.8 Å². The lowest BCUT2D eigenvalue weighted by atomic mass is 10.1. The third kappa shape index (κ3) is 6.41. The maximum absolute atomic E-state index is 12.5. The van der Waals surface area contributed by atoms with Crippen LogP contribution in [0.25, 0.3) is 0 Å². The molecule has 0 unspecified atom stereocenters. The lowest BCUT2D eigenvalue weighted by Gasteiger charge is -2.43. The molecule has 1 aliphatic heterocycles. The van der Waals surface area contributed by atoms with E-state index >= 15 is 0 Å². The van der Waals surface area contributed by atoms with Crippen molar-refractivity contribution in [3.63, 3.8) is 0 Å². The van der Waals surface area contributed by atoms with E-state index in [-0.39, 0.29) is 12.3 Å². The third-order valence-corrected chi connectivity index (χ3v) is 5.73. The molecule has 2 aromatic rings. The maximum Gasteiger partial charge on any atom is 0.397 e. The summed E-state index contributed by atoms with van der Waals surface area (Å²) >= 11 is 0.600. The topological polar surface area (TPSA) is 162 Å². The fourth-order valence-electron chi connectivity index (χ4n) is 3.01. The average Bonchev–Trinajstić information content (AvgIpc) is 2.84. The first-order valence-electron chi connectivity index (χ1n) is 10.1. The molecule has 35 heavy (non-hydrogen) atoms. The Labute approximate surface area is 202 Å². The molecule has 3 rings (SSSR count). The molecule has 0 saturated carbocycles. The number of nitro groups is 1. The summed E-state index contributed by atoms with van der Waals surface area (Å²) < 4.78 is 10.2. The van der Waals surface area contributed by atoms with Crippen LogP contribution < -0.4 is 10.1 Å². The number of amides is 3. The lowest BCUT2D eigenvalue weighted by molar-refractivity contribution is -0.384. The molecule has 1 aliphatic rings. The molecule has 0 bridgehead atoms. The number of esters is 1. The van der Waals surface area contributed by atoms with Gasteiger partial charge in [-0.25, -0.2) is 4.79 Å². The second-order valence-corrected chi connectivity index (χ2v) is 8.45. The van der Waals surface area contributed by atoms with E-state index in [2.05, 4.69) is 5.32 Å². The van der Waals surface area contributed by atoms with Crippen LogP contribution in [0.3, 0.4) is 0 Å². The number of imide groups is 1. The summed E-state index contributed by atoms with van der Waals surface area (Å²) in [6.07, 6.45) is 0. The molecule has 0 aliphatic carbocycles. The van der Waals surface area contributed by atoms with Gasteiger partial charge in [0.15, 0.2) is 11.7 Å². The van der Waals surface area contributed by atoms with Crippen LogP contribution >= 0.6 is 11.8 Å². The van der Waals surface area contributed by atoms with E-state index in [0.29, 0.717) is 28.0 Å². The standard InChI is InChI=1S/C22H19N3O9S/c1-13(26)35-21-18(23-17(27)12-33-16-5-3-2-4-6-16)19(28)24(21)20(29)22(30)34-11-14-7-9-15(10-8-14)25(31)32/h2-10,18,21H,11-12H2,1H3,(H,23,27)/t18-,21-/m1/s1. The van der Waals surface area contributed by atoms with Crippen molar-refractivity contribution in [2.45, 2.75) is 24.9 Å². The first-order valence-corrected chi connectivity index (χ1v) is 11.0. The first-order chi connectivity index (χ1) is 16.7. The van der Waals surface area contributed by atoms with Crippen molar-refractivity contribution in [1.29, 1.82) is 0 Å². The van der Waals surface area contributed by atoms with Gasteiger partial charge in [-0.15, -0.1) is 0 Å². The van der Waals surface area contributed by atoms with Crippen molar-refractivity contribution < 1.29 is 38.4 Å². The van der Waals surface area contributed by atoms with Crippen LogP contribution in [-0.2, 0) is 35.3 Å². The highest BCUT2D eigenvalue weighted by molar-refractivity contribution is 8.14. The van der Waals surface area contributed by atoms with Crippen molar-refractivity contribution in [1.82, 2.24) is 10.2 Å². The quantitative estimate of drug-likeness (QED) is 0.183. The average molecular weight is 501 g/mol. The zero-order valence-electron chi connectivity index (χ0n) is 18.2. The van der Waals surface area contributed by atoms with Crippen molar-refractivity contribution in [2.24, 2.45) is 0 Å². The summed E-state index contributed by atoms with van der Waals surface area (Å²) in [6.45, 7) is 0.434. The molecule has 0 spiro atoms. The van der Waals surface area contributed by atoms with E-state index in [9.17, 15) is 34.1 Å². The van der Waals surface area contributed by atoms with Crippen molar-refractivity contribution in [2.75, 3.05) is 6.61 Å². The fourth-order valence-corrected chi connectivity index (χ4v) is 3.97. The lowest BCUT2D eigenvalue weighted by Crippen LogP contribution is -2.72. The van der Waals surface area contributed by atoms with Gasteiger partial charge in [-0.2, -0.15) is 0 Å². The molecule has 1 fully saturated rings. The van der Waals surface area contributed by atoms with Gasteiger partial charge in [-0.1, -0.05) is 30.0 Å². The molecule has 1 heterocycles. The van der Waals surface area contributed by atoms with Gasteiger partial charge in [0.05, 0.1) is 4.92 Å². The van der Waals surface area contributed by atoms with Crippen LogP contribution in [0.5, 0.6) is 5.75 Å². The summed E-state index contributed by atoms with van der Waals surface area (Å²) in [5, 5.41) is 11.5. The van der Waals surface area contributed by atoms with Crippen LogP contribution in [0.1, 0.15) is 12.5 Å². The van der Waals surface area contributed by atoms with Crippen molar-refractivity contribution in [3.8, 4) is 5.75 Å². The van der Waals surface area contributed by atoms with Gasteiger partial charge in [0.25, 0.3) is 17.5 Å². The minimum absolute atomic E-state index is 0.159. The summed E-state index contributed by atoms with van der Waals surface area (Å²) in [4.78, 5) is 71.8. The Morgan fingerprint density at radius 2 is 1.74 bits per heavy atom. The Balaban J connectivity index is 1.57. The van der Waals surface area contributed by atoms with Crippen LogP contribution in [-0.4, -0.2) is 56.7 Å². The summed E-state index contributed by atoms with van der Waals surface area (Å²) in [6, 6.07) is 12.4. The van der Waals surface area contributed by atoms with Gasteiger partial charge in [-0.3, -0.25) is 34.2 Å². The molecule has 2 atom stereocenters. The number of non-ortho nitro benzene ring substituents is 1. The molecule has 182 valence electrons. The first kappa shape index (κ1) is 25.4. The predicted octanol–water partition coefficient (Wildman–Crippen LogP) is 1.18. The van der Waals surface area contributed by atoms with Gasteiger partial charge in [0, 0.05) is 19.1 Å². The molecule has 0 radical (unpaired) electrons. The minimum Gasteiger partial charge on any atom is -0.484 e. The molecule has 3 amide bonds.